The highest BCUT2D eigenvalue weighted by Gasteiger charge is 2.14. The van der Waals surface area contributed by atoms with Crippen molar-refractivity contribution in [2.45, 2.75) is 6.92 Å². The Morgan fingerprint density at radius 2 is 1.69 bits per heavy atom. The fraction of sp³-hybridized carbons (Fsp3) is 0.350. The van der Waals surface area contributed by atoms with Gasteiger partial charge in [-0.15, -0.1) is 0 Å². The lowest BCUT2D eigenvalue weighted by molar-refractivity contribution is 0.262. The van der Waals surface area contributed by atoms with Crippen LogP contribution in [0.15, 0.2) is 42.5 Å². The molecule has 6 heteroatoms. The Balaban J connectivity index is 1.60. The third-order valence-electron chi connectivity index (χ3n) is 4.60. The van der Waals surface area contributed by atoms with Crippen molar-refractivity contribution >= 4 is 23.1 Å². The van der Waals surface area contributed by atoms with E-state index in [4.69, 9.17) is 4.74 Å². The molecule has 0 bridgehead atoms. The molecule has 1 fully saturated rings. The Bertz CT molecular complexity index is 753. The first-order chi connectivity index (χ1) is 12.5. The average Bonchev–Trinajstić information content (AvgIpc) is 2.63. The molecule has 0 unspecified atom stereocenters. The lowest BCUT2D eigenvalue weighted by atomic mass is 10.2. The smallest absolute Gasteiger partial charge is 0.323 e. The molecule has 2 aromatic carbocycles. The first-order valence-electron chi connectivity index (χ1n) is 8.81. The number of amides is 2. The van der Waals surface area contributed by atoms with Gasteiger partial charge in [-0.05, 0) is 55.9 Å². The number of nitrogens with one attached hydrogen (secondary N) is 2. The average molecular weight is 354 g/mol. The highest BCUT2D eigenvalue weighted by molar-refractivity contribution is 6.00. The molecule has 0 aliphatic carbocycles. The van der Waals surface area contributed by atoms with E-state index in [1.54, 1.807) is 7.11 Å². The van der Waals surface area contributed by atoms with Gasteiger partial charge in [0.25, 0.3) is 0 Å². The van der Waals surface area contributed by atoms with Crippen LogP contribution in [-0.2, 0) is 0 Å². The fourth-order valence-corrected chi connectivity index (χ4v) is 3.02. The Labute approximate surface area is 154 Å². The number of likely N-dealkylation sites (N-methyl/N-ethyl adjacent to an activating group) is 1. The van der Waals surface area contributed by atoms with Gasteiger partial charge in [0.2, 0.25) is 0 Å². The van der Waals surface area contributed by atoms with Crippen LogP contribution in [-0.4, -0.2) is 51.3 Å². The van der Waals surface area contributed by atoms with Crippen molar-refractivity contribution in [2.24, 2.45) is 0 Å². The topological polar surface area (TPSA) is 56.8 Å². The van der Waals surface area contributed by atoms with Crippen LogP contribution in [0.4, 0.5) is 21.9 Å². The Morgan fingerprint density at radius 3 is 2.35 bits per heavy atom. The number of methoxy groups -OCH3 is 1. The maximum atomic E-state index is 12.3. The molecule has 6 nitrogen and oxygen atoms in total. The Morgan fingerprint density at radius 1 is 1.00 bits per heavy atom. The molecular weight excluding hydrogens is 328 g/mol. The van der Waals surface area contributed by atoms with Crippen molar-refractivity contribution < 1.29 is 9.53 Å². The standard InChI is InChI=1S/C20H26N4O2/c1-15-4-9-19(26-3)18(14-15)22-20(25)21-16-5-7-17(8-6-16)24-12-10-23(2)11-13-24/h4-9,14H,10-13H2,1-3H3,(H2,21,22,25). The van der Waals surface area contributed by atoms with Crippen LogP contribution in [0, 0.1) is 6.92 Å². The predicted molar refractivity (Wildman–Crippen MR) is 107 cm³/mol. The molecule has 138 valence electrons. The third-order valence-corrected chi connectivity index (χ3v) is 4.60. The highest BCUT2D eigenvalue weighted by Crippen LogP contribution is 2.25. The van der Waals surface area contributed by atoms with Gasteiger partial charge in [0, 0.05) is 37.6 Å². The lowest BCUT2D eigenvalue weighted by Gasteiger charge is -2.34. The second kappa shape index (κ2) is 8.10. The van der Waals surface area contributed by atoms with E-state index in [2.05, 4.69) is 27.5 Å². The van der Waals surface area contributed by atoms with Crippen LogP contribution in [0.2, 0.25) is 0 Å². The summed E-state index contributed by atoms with van der Waals surface area (Å²) in [5.74, 6) is 0.635. The van der Waals surface area contributed by atoms with Gasteiger partial charge in [-0.3, -0.25) is 0 Å². The van der Waals surface area contributed by atoms with Gasteiger partial charge in [-0.1, -0.05) is 6.07 Å². The van der Waals surface area contributed by atoms with Crippen LogP contribution in [0.3, 0.4) is 0 Å². The molecule has 0 radical (unpaired) electrons. The van der Waals surface area contributed by atoms with Gasteiger partial charge in [0.1, 0.15) is 5.75 Å². The van der Waals surface area contributed by atoms with Gasteiger partial charge < -0.3 is 25.2 Å². The number of rotatable bonds is 4. The summed E-state index contributed by atoms with van der Waals surface area (Å²) in [4.78, 5) is 17.0. The molecule has 2 aromatic rings. The second-order valence-electron chi connectivity index (χ2n) is 6.62. The number of ether oxygens (including phenoxy) is 1. The molecule has 3 rings (SSSR count). The number of nitrogens with zero attached hydrogens (tertiary/aromatic N) is 2. The van der Waals surface area contributed by atoms with E-state index >= 15 is 0 Å². The summed E-state index contributed by atoms with van der Waals surface area (Å²) < 4.78 is 5.29. The van der Waals surface area contributed by atoms with E-state index in [9.17, 15) is 4.79 Å². The molecule has 1 saturated heterocycles. The van der Waals surface area contributed by atoms with Gasteiger partial charge in [0.05, 0.1) is 12.8 Å². The van der Waals surface area contributed by atoms with E-state index in [1.165, 1.54) is 5.69 Å². The van der Waals surface area contributed by atoms with Crippen LogP contribution >= 0.6 is 0 Å². The monoisotopic (exact) mass is 354 g/mol. The molecule has 2 amide bonds. The van der Waals surface area contributed by atoms with Crippen LogP contribution in [0.25, 0.3) is 0 Å². The molecule has 0 saturated carbocycles. The quantitative estimate of drug-likeness (QED) is 0.884. The van der Waals surface area contributed by atoms with E-state index in [0.29, 0.717) is 11.4 Å². The minimum Gasteiger partial charge on any atom is -0.495 e. The number of aryl methyl sites for hydroxylation is 1. The van der Waals surface area contributed by atoms with E-state index in [1.807, 2.05) is 49.4 Å². The summed E-state index contributed by atoms with van der Waals surface area (Å²) in [5, 5.41) is 5.71. The summed E-state index contributed by atoms with van der Waals surface area (Å²) in [6.45, 7) is 6.16. The van der Waals surface area contributed by atoms with Crippen molar-refractivity contribution in [1.82, 2.24) is 4.90 Å². The van der Waals surface area contributed by atoms with Crippen molar-refractivity contribution in [3.8, 4) is 5.75 Å². The first-order valence-corrected chi connectivity index (χ1v) is 8.81. The summed E-state index contributed by atoms with van der Waals surface area (Å²) in [6.07, 6.45) is 0. The number of hydrogen-bond acceptors (Lipinski definition) is 4. The lowest BCUT2D eigenvalue weighted by Crippen LogP contribution is -2.44. The predicted octanol–water partition coefficient (Wildman–Crippen LogP) is 3.40. The molecule has 1 aliphatic heterocycles. The summed E-state index contributed by atoms with van der Waals surface area (Å²) in [5.41, 5.74) is 3.65. The number of urea groups is 1. The van der Waals surface area contributed by atoms with E-state index in [0.717, 1.165) is 37.4 Å². The summed E-state index contributed by atoms with van der Waals surface area (Å²) in [6, 6.07) is 13.3. The first kappa shape index (κ1) is 18.1. The minimum absolute atomic E-state index is 0.291. The number of carbonyl (C=O) groups is 1. The van der Waals surface area contributed by atoms with E-state index in [-0.39, 0.29) is 6.03 Å². The van der Waals surface area contributed by atoms with E-state index < -0.39 is 0 Å². The van der Waals surface area contributed by atoms with Crippen LogP contribution in [0.5, 0.6) is 5.75 Å². The van der Waals surface area contributed by atoms with Crippen molar-refractivity contribution in [1.29, 1.82) is 0 Å². The number of hydrogen-bond donors (Lipinski definition) is 2. The minimum atomic E-state index is -0.291. The maximum Gasteiger partial charge on any atom is 0.323 e. The van der Waals surface area contributed by atoms with Crippen molar-refractivity contribution in [3.63, 3.8) is 0 Å². The van der Waals surface area contributed by atoms with Crippen LogP contribution in [0.1, 0.15) is 5.56 Å². The van der Waals surface area contributed by atoms with Gasteiger partial charge in [-0.25, -0.2) is 4.79 Å². The molecule has 0 aromatic heterocycles. The number of carbonyl (C=O) groups excluding carboxylic acids is 1. The summed E-state index contributed by atoms with van der Waals surface area (Å²) in [7, 11) is 3.73. The Hall–Kier alpha value is -2.73. The van der Waals surface area contributed by atoms with Crippen molar-refractivity contribution in [3.05, 3.63) is 48.0 Å². The zero-order valence-corrected chi connectivity index (χ0v) is 15.6. The van der Waals surface area contributed by atoms with Gasteiger partial charge in [0.15, 0.2) is 0 Å². The number of anilines is 3. The molecule has 0 atom stereocenters. The highest BCUT2D eigenvalue weighted by atomic mass is 16.5. The van der Waals surface area contributed by atoms with Crippen LogP contribution < -0.4 is 20.3 Å². The normalized spacial score (nSPS) is 14.8. The zero-order valence-electron chi connectivity index (χ0n) is 15.6. The number of benzene rings is 2. The zero-order chi connectivity index (χ0) is 18.5. The van der Waals surface area contributed by atoms with Crippen molar-refractivity contribution in [2.75, 3.05) is 55.9 Å². The van der Waals surface area contributed by atoms with Gasteiger partial charge >= 0.3 is 6.03 Å². The molecule has 1 heterocycles. The van der Waals surface area contributed by atoms with Gasteiger partial charge in [-0.2, -0.15) is 0 Å². The molecular formula is C20H26N4O2. The second-order valence-corrected chi connectivity index (χ2v) is 6.62. The third kappa shape index (κ3) is 4.46. The molecule has 0 spiro atoms. The SMILES string of the molecule is COc1ccc(C)cc1NC(=O)Nc1ccc(N2CCN(C)CC2)cc1. The Kier molecular flexibility index (Phi) is 5.63. The molecule has 1 aliphatic rings. The summed E-state index contributed by atoms with van der Waals surface area (Å²) >= 11 is 0. The maximum absolute atomic E-state index is 12.3. The largest absolute Gasteiger partial charge is 0.495 e. The number of piperazine rings is 1. The molecule has 2 N–H and O–H groups in total. The fourth-order valence-electron chi connectivity index (χ4n) is 3.02. The molecule has 26 heavy (non-hydrogen) atoms.